The summed E-state index contributed by atoms with van der Waals surface area (Å²) >= 11 is 5.95. The standard InChI is InChI=1S/C17H15ClN2O5/c1-23-16(21)13-8-25-9-20(15(13)17(22)24-2)12-4-3-10-7-19-14(18)6-11(10)5-12/h3-7H,8-9H2,1-2H3. The van der Waals surface area contributed by atoms with E-state index >= 15 is 0 Å². The van der Waals surface area contributed by atoms with Crippen molar-refractivity contribution in [2.75, 3.05) is 32.5 Å². The molecule has 0 fully saturated rings. The van der Waals surface area contributed by atoms with Crippen LogP contribution in [-0.4, -0.2) is 44.5 Å². The zero-order valence-electron chi connectivity index (χ0n) is 13.6. The molecule has 0 bridgehead atoms. The molecular formula is C17H15ClN2O5. The molecule has 2 heterocycles. The molecule has 1 aliphatic rings. The van der Waals surface area contributed by atoms with Crippen molar-refractivity contribution in [1.82, 2.24) is 4.98 Å². The van der Waals surface area contributed by atoms with Crippen LogP contribution in [0.1, 0.15) is 0 Å². The number of benzene rings is 1. The summed E-state index contributed by atoms with van der Waals surface area (Å²) < 4.78 is 15.0. The molecule has 3 rings (SSSR count). The molecule has 0 N–H and O–H groups in total. The van der Waals surface area contributed by atoms with E-state index in [2.05, 4.69) is 4.98 Å². The number of rotatable bonds is 3. The van der Waals surface area contributed by atoms with Gasteiger partial charge in [0.15, 0.2) is 0 Å². The topological polar surface area (TPSA) is 78.0 Å². The maximum Gasteiger partial charge on any atom is 0.355 e. The van der Waals surface area contributed by atoms with Gasteiger partial charge in [0.25, 0.3) is 0 Å². The van der Waals surface area contributed by atoms with Crippen LogP contribution in [0.15, 0.2) is 41.7 Å². The van der Waals surface area contributed by atoms with Gasteiger partial charge in [0.1, 0.15) is 17.6 Å². The highest BCUT2D eigenvalue weighted by Gasteiger charge is 2.32. The summed E-state index contributed by atoms with van der Waals surface area (Å²) in [5.41, 5.74) is 0.852. The van der Waals surface area contributed by atoms with Crippen LogP contribution < -0.4 is 4.90 Å². The molecule has 0 aliphatic carbocycles. The average Bonchev–Trinajstić information content (AvgIpc) is 2.65. The number of nitrogens with zero attached hydrogens (tertiary/aromatic N) is 2. The number of carbonyl (C=O) groups excluding carboxylic acids is 2. The predicted molar refractivity (Wildman–Crippen MR) is 91.1 cm³/mol. The third-order valence-corrected chi connectivity index (χ3v) is 4.02. The van der Waals surface area contributed by atoms with Crippen molar-refractivity contribution in [2.24, 2.45) is 0 Å². The Kier molecular flexibility index (Phi) is 4.87. The Morgan fingerprint density at radius 1 is 1.16 bits per heavy atom. The van der Waals surface area contributed by atoms with Crippen molar-refractivity contribution in [2.45, 2.75) is 0 Å². The van der Waals surface area contributed by atoms with Gasteiger partial charge in [-0.05, 0) is 23.6 Å². The van der Waals surface area contributed by atoms with Crippen molar-refractivity contribution in [1.29, 1.82) is 0 Å². The first kappa shape index (κ1) is 17.2. The lowest BCUT2D eigenvalue weighted by atomic mass is 10.1. The lowest BCUT2D eigenvalue weighted by Crippen LogP contribution is -2.38. The van der Waals surface area contributed by atoms with Gasteiger partial charge in [-0.3, -0.25) is 0 Å². The van der Waals surface area contributed by atoms with Crippen molar-refractivity contribution in [3.05, 3.63) is 46.9 Å². The molecule has 0 amide bonds. The van der Waals surface area contributed by atoms with Crippen molar-refractivity contribution in [3.63, 3.8) is 0 Å². The number of halogens is 1. The maximum atomic E-state index is 12.3. The number of esters is 2. The fraction of sp³-hybridized carbons (Fsp3) is 0.235. The Hall–Kier alpha value is -2.64. The highest BCUT2D eigenvalue weighted by atomic mass is 35.5. The summed E-state index contributed by atoms with van der Waals surface area (Å²) in [6.45, 7) is 0.0617. The molecule has 130 valence electrons. The summed E-state index contributed by atoms with van der Waals surface area (Å²) in [5.74, 6) is -1.28. The lowest BCUT2D eigenvalue weighted by Gasteiger charge is -2.31. The SMILES string of the molecule is COC(=O)C1=C(C(=O)OC)N(c2ccc3cnc(Cl)cc3c2)COC1. The van der Waals surface area contributed by atoms with Crippen LogP contribution in [-0.2, 0) is 23.8 Å². The van der Waals surface area contributed by atoms with Crippen LogP contribution in [0, 0.1) is 0 Å². The number of methoxy groups -OCH3 is 2. The summed E-state index contributed by atoms with van der Waals surface area (Å²) in [6.07, 6.45) is 1.66. The van der Waals surface area contributed by atoms with Crippen LogP contribution in [0.5, 0.6) is 0 Å². The zero-order valence-corrected chi connectivity index (χ0v) is 14.4. The molecule has 7 nitrogen and oxygen atoms in total. The minimum Gasteiger partial charge on any atom is -0.466 e. The van der Waals surface area contributed by atoms with Gasteiger partial charge in [-0.25, -0.2) is 14.6 Å². The van der Waals surface area contributed by atoms with Crippen LogP contribution in [0.3, 0.4) is 0 Å². The van der Waals surface area contributed by atoms with Crippen LogP contribution in [0.4, 0.5) is 5.69 Å². The number of anilines is 1. The number of carbonyl (C=O) groups is 2. The number of aromatic nitrogens is 1. The molecule has 1 aliphatic heterocycles. The fourth-order valence-corrected chi connectivity index (χ4v) is 2.78. The predicted octanol–water partition coefficient (Wildman–Crippen LogP) is 2.28. The maximum absolute atomic E-state index is 12.3. The number of hydrogen-bond acceptors (Lipinski definition) is 7. The average molecular weight is 363 g/mol. The third-order valence-electron chi connectivity index (χ3n) is 3.82. The molecule has 25 heavy (non-hydrogen) atoms. The van der Waals surface area contributed by atoms with Gasteiger partial charge in [0.2, 0.25) is 0 Å². The van der Waals surface area contributed by atoms with Crippen LogP contribution >= 0.6 is 11.6 Å². The van der Waals surface area contributed by atoms with Crippen LogP contribution in [0.25, 0.3) is 10.8 Å². The molecule has 0 unspecified atom stereocenters. The smallest absolute Gasteiger partial charge is 0.355 e. The van der Waals surface area contributed by atoms with E-state index in [1.807, 2.05) is 12.1 Å². The molecule has 0 atom stereocenters. The monoisotopic (exact) mass is 362 g/mol. The summed E-state index contributed by atoms with van der Waals surface area (Å²) in [4.78, 5) is 29.9. The Labute approximate surface area is 148 Å². The Bertz CT molecular complexity index is 880. The summed E-state index contributed by atoms with van der Waals surface area (Å²) in [6, 6.07) is 7.18. The van der Waals surface area contributed by atoms with E-state index in [1.165, 1.54) is 14.2 Å². The van der Waals surface area contributed by atoms with Crippen molar-refractivity contribution >= 4 is 40.0 Å². The number of fused-ring (bicyclic) bond motifs is 1. The minimum absolute atomic E-state index is 0.0308. The Morgan fingerprint density at radius 3 is 2.64 bits per heavy atom. The second kappa shape index (κ2) is 7.08. The molecule has 1 aromatic heterocycles. The largest absolute Gasteiger partial charge is 0.466 e. The van der Waals surface area contributed by atoms with Gasteiger partial charge < -0.3 is 19.1 Å². The Balaban J connectivity index is 2.13. The van der Waals surface area contributed by atoms with E-state index < -0.39 is 11.9 Å². The van der Waals surface area contributed by atoms with Gasteiger partial charge in [0, 0.05) is 17.3 Å². The molecular weight excluding hydrogens is 348 g/mol. The molecule has 1 aromatic carbocycles. The van der Waals surface area contributed by atoms with Gasteiger partial charge in [-0.2, -0.15) is 0 Å². The molecule has 0 radical (unpaired) electrons. The van der Waals surface area contributed by atoms with Gasteiger partial charge in [-0.1, -0.05) is 17.7 Å². The second-order valence-corrected chi connectivity index (χ2v) is 5.64. The number of hydrogen-bond donors (Lipinski definition) is 0. The Morgan fingerprint density at radius 2 is 1.92 bits per heavy atom. The third kappa shape index (κ3) is 3.29. The number of ether oxygens (including phenoxy) is 3. The van der Waals surface area contributed by atoms with Gasteiger partial charge in [-0.15, -0.1) is 0 Å². The first-order chi connectivity index (χ1) is 12.0. The quantitative estimate of drug-likeness (QED) is 0.612. The van der Waals surface area contributed by atoms with Crippen molar-refractivity contribution < 1.29 is 23.8 Å². The highest BCUT2D eigenvalue weighted by molar-refractivity contribution is 6.30. The molecule has 0 saturated heterocycles. The van der Waals surface area contributed by atoms with Gasteiger partial charge in [0.05, 0.1) is 26.4 Å². The summed E-state index contributed by atoms with van der Waals surface area (Å²) in [5, 5.41) is 2.09. The zero-order chi connectivity index (χ0) is 18.0. The first-order valence-corrected chi connectivity index (χ1v) is 7.73. The fourth-order valence-electron chi connectivity index (χ4n) is 2.62. The molecule has 2 aromatic rings. The van der Waals surface area contributed by atoms with E-state index in [4.69, 9.17) is 25.8 Å². The molecule has 8 heteroatoms. The normalized spacial score (nSPS) is 14.6. The van der Waals surface area contributed by atoms with E-state index in [9.17, 15) is 9.59 Å². The molecule has 0 spiro atoms. The number of pyridine rings is 1. The minimum atomic E-state index is -0.642. The van der Waals surface area contributed by atoms with E-state index in [0.717, 1.165) is 10.8 Å². The van der Waals surface area contributed by atoms with Gasteiger partial charge >= 0.3 is 11.9 Å². The van der Waals surface area contributed by atoms with Crippen molar-refractivity contribution in [3.8, 4) is 0 Å². The molecule has 0 saturated carbocycles. The van der Waals surface area contributed by atoms with E-state index in [-0.39, 0.29) is 24.6 Å². The van der Waals surface area contributed by atoms with E-state index in [0.29, 0.717) is 10.8 Å². The lowest BCUT2D eigenvalue weighted by molar-refractivity contribution is -0.140. The second-order valence-electron chi connectivity index (χ2n) is 5.25. The van der Waals surface area contributed by atoms with E-state index in [1.54, 1.807) is 23.2 Å². The van der Waals surface area contributed by atoms with Crippen LogP contribution in [0.2, 0.25) is 5.15 Å². The summed E-state index contributed by atoms with van der Waals surface area (Å²) in [7, 11) is 2.50. The highest BCUT2D eigenvalue weighted by Crippen LogP contribution is 2.29. The first-order valence-electron chi connectivity index (χ1n) is 7.35.